The normalized spacial score (nSPS) is 10.6. The molecule has 0 atom stereocenters. The molecule has 1 aromatic heterocycles. The number of carbonyl (C=O) groups excluding carboxylic acids is 2. The Balaban J connectivity index is 1.88. The zero-order valence-corrected chi connectivity index (χ0v) is 19.8. The molecule has 0 radical (unpaired) electrons. The summed E-state index contributed by atoms with van der Waals surface area (Å²) in [7, 11) is 1.62. The van der Waals surface area contributed by atoms with E-state index in [0.29, 0.717) is 25.3 Å². The van der Waals surface area contributed by atoms with Crippen LogP contribution in [0.2, 0.25) is 0 Å². The number of esters is 1. The van der Waals surface area contributed by atoms with Crippen LogP contribution in [0.15, 0.2) is 48.5 Å². The molecule has 0 aliphatic rings. The van der Waals surface area contributed by atoms with E-state index in [4.69, 9.17) is 9.47 Å². The van der Waals surface area contributed by atoms with E-state index in [9.17, 15) is 9.59 Å². The number of hydrogen-bond acceptors (Lipinski definition) is 4. The summed E-state index contributed by atoms with van der Waals surface area (Å²) in [4.78, 5) is 30.7. The molecule has 2 amide bonds. The van der Waals surface area contributed by atoms with Crippen LogP contribution in [0.4, 0.5) is 10.5 Å². The molecule has 7 heteroatoms. The van der Waals surface area contributed by atoms with Crippen molar-refractivity contribution in [3.05, 3.63) is 82.2 Å². The molecular formula is C26H31N3O4. The number of hydrogen-bond donors (Lipinski definition) is 2. The number of urea groups is 1. The molecule has 174 valence electrons. The summed E-state index contributed by atoms with van der Waals surface area (Å²) in [5.41, 5.74) is 5.58. The van der Waals surface area contributed by atoms with Gasteiger partial charge in [0, 0.05) is 23.6 Å². The zero-order valence-electron chi connectivity index (χ0n) is 19.8. The first-order valence-corrected chi connectivity index (χ1v) is 10.9. The van der Waals surface area contributed by atoms with Gasteiger partial charge in [0.2, 0.25) is 0 Å². The number of aryl methyl sites for hydroxylation is 2. The number of carbonyl (C=O) groups is 2. The van der Waals surface area contributed by atoms with E-state index >= 15 is 0 Å². The van der Waals surface area contributed by atoms with E-state index in [1.165, 1.54) is 0 Å². The number of anilines is 1. The topological polar surface area (TPSA) is 83.7 Å². The van der Waals surface area contributed by atoms with Gasteiger partial charge in [-0.15, -0.1) is 0 Å². The monoisotopic (exact) mass is 449 g/mol. The Morgan fingerprint density at radius 3 is 2.39 bits per heavy atom. The highest BCUT2D eigenvalue weighted by Gasteiger charge is 2.23. The first-order chi connectivity index (χ1) is 15.8. The molecule has 3 aromatic rings. The average Bonchev–Trinajstić information content (AvgIpc) is 3.06. The second kappa shape index (κ2) is 10.7. The summed E-state index contributed by atoms with van der Waals surface area (Å²) < 4.78 is 10.4. The predicted molar refractivity (Wildman–Crippen MR) is 129 cm³/mol. The molecule has 0 saturated carbocycles. The van der Waals surface area contributed by atoms with Crippen LogP contribution < -0.4 is 10.1 Å². The average molecular weight is 450 g/mol. The van der Waals surface area contributed by atoms with Gasteiger partial charge in [0.1, 0.15) is 5.75 Å². The Hall–Kier alpha value is -3.74. The summed E-state index contributed by atoms with van der Waals surface area (Å²) in [5, 5.41) is 2.99. The third-order valence-corrected chi connectivity index (χ3v) is 5.46. The smallest absolute Gasteiger partial charge is 0.340 e. The number of benzene rings is 2. The van der Waals surface area contributed by atoms with E-state index in [-0.39, 0.29) is 12.0 Å². The maximum absolute atomic E-state index is 13.3. The molecule has 0 fully saturated rings. The molecular weight excluding hydrogens is 418 g/mol. The third kappa shape index (κ3) is 5.94. The second-order valence-electron chi connectivity index (χ2n) is 7.95. The van der Waals surface area contributed by atoms with Crippen LogP contribution in [0.5, 0.6) is 5.75 Å². The van der Waals surface area contributed by atoms with Gasteiger partial charge in [-0.2, -0.15) is 0 Å². The van der Waals surface area contributed by atoms with Gasteiger partial charge < -0.3 is 24.7 Å². The minimum absolute atomic E-state index is 0.235. The lowest BCUT2D eigenvalue weighted by atomic mass is 10.1. The van der Waals surface area contributed by atoms with Gasteiger partial charge in [-0.25, -0.2) is 9.59 Å². The Bertz CT molecular complexity index is 1120. The molecule has 0 saturated heterocycles. The SMILES string of the molecule is CCOC(=O)c1c(C)[nH]c(CN(Cc2ccc(OC)cc2)C(=O)Nc2cccc(C)c2)c1C. The van der Waals surface area contributed by atoms with E-state index in [0.717, 1.165) is 39.5 Å². The molecule has 33 heavy (non-hydrogen) atoms. The highest BCUT2D eigenvalue weighted by Crippen LogP contribution is 2.22. The van der Waals surface area contributed by atoms with E-state index in [1.54, 1.807) is 18.9 Å². The minimum atomic E-state index is -0.360. The van der Waals surface area contributed by atoms with Crippen molar-refractivity contribution in [3.63, 3.8) is 0 Å². The van der Waals surface area contributed by atoms with E-state index in [1.807, 2.05) is 69.3 Å². The van der Waals surface area contributed by atoms with Gasteiger partial charge in [0.15, 0.2) is 0 Å². The standard InChI is InChI=1S/C26H31N3O4/c1-6-33-25(30)24-18(3)23(27-19(24)4)16-29(15-20-10-12-22(32-5)13-11-20)26(31)28-21-9-7-8-17(2)14-21/h7-14,27H,6,15-16H2,1-5H3,(H,28,31). The summed E-state index contributed by atoms with van der Waals surface area (Å²) in [6.45, 7) is 8.46. The molecule has 3 rings (SSSR count). The summed E-state index contributed by atoms with van der Waals surface area (Å²) in [6, 6.07) is 15.0. The maximum atomic E-state index is 13.3. The molecule has 0 spiro atoms. The summed E-state index contributed by atoms with van der Waals surface area (Å²) in [5.74, 6) is 0.394. The molecule has 0 aliphatic heterocycles. The van der Waals surface area contributed by atoms with Gasteiger partial charge in [-0.3, -0.25) is 0 Å². The lowest BCUT2D eigenvalue weighted by molar-refractivity contribution is 0.0525. The van der Waals surface area contributed by atoms with Gasteiger partial charge in [-0.1, -0.05) is 24.3 Å². The number of H-pyrrole nitrogens is 1. The van der Waals surface area contributed by atoms with Gasteiger partial charge in [-0.05, 0) is 68.7 Å². The lowest BCUT2D eigenvalue weighted by Crippen LogP contribution is -2.34. The number of nitrogens with one attached hydrogen (secondary N) is 2. The Morgan fingerprint density at radius 2 is 1.76 bits per heavy atom. The molecule has 0 aliphatic carbocycles. The van der Waals surface area contributed by atoms with Crippen LogP contribution in [0.1, 0.15) is 45.4 Å². The molecule has 0 unspecified atom stereocenters. The van der Waals surface area contributed by atoms with Crippen molar-refractivity contribution in [2.75, 3.05) is 19.0 Å². The number of ether oxygens (including phenoxy) is 2. The third-order valence-electron chi connectivity index (χ3n) is 5.46. The number of amides is 2. The fourth-order valence-electron chi connectivity index (χ4n) is 3.75. The molecule has 7 nitrogen and oxygen atoms in total. The fourth-order valence-corrected chi connectivity index (χ4v) is 3.75. The van der Waals surface area contributed by atoms with Crippen LogP contribution in [0.3, 0.4) is 0 Å². The number of aromatic amines is 1. The van der Waals surface area contributed by atoms with E-state index in [2.05, 4.69) is 10.3 Å². The molecule has 1 heterocycles. The second-order valence-corrected chi connectivity index (χ2v) is 7.95. The van der Waals surface area contributed by atoms with Gasteiger partial charge in [0.05, 0.1) is 25.8 Å². The van der Waals surface area contributed by atoms with Crippen molar-refractivity contribution in [3.8, 4) is 5.75 Å². The van der Waals surface area contributed by atoms with Crippen molar-refractivity contribution < 1.29 is 19.1 Å². The number of nitrogens with zero attached hydrogens (tertiary/aromatic N) is 1. The van der Waals surface area contributed by atoms with Crippen molar-refractivity contribution in [1.82, 2.24) is 9.88 Å². The summed E-state index contributed by atoms with van der Waals surface area (Å²) >= 11 is 0. The van der Waals surface area contributed by atoms with E-state index < -0.39 is 0 Å². The Kier molecular flexibility index (Phi) is 7.77. The largest absolute Gasteiger partial charge is 0.497 e. The van der Waals surface area contributed by atoms with Crippen molar-refractivity contribution in [1.29, 1.82) is 0 Å². The van der Waals surface area contributed by atoms with Gasteiger partial charge in [0.25, 0.3) is 0 Å². The lowest BCUT2D eigenvalue weighted by Gasteiger charge is -2.23. The highest BCUT2D eigenvalue weighted by molar-refractivity contribution is 5.93. The molecule has 2 aromatic carbocycles. The predicted octanol–water partition coefficient (Wildman–Crippen LogP) is 5.36. The van der Waals surface area contributed by atoms with Crippen LogP contribution in [-0.2, 0) is 17.8 Å². The fraction of sp³-hybridized carbons (Fsp3) is 0.308. The van der Waals surface area contributed by atoms with Crippen LogP contribution in [0, 0.1) is 20.8 Å². The maximum Gasteiger partial charge on any atom is 0.340 e. The number of methoxy groups -OCH3 is 1. The first-order valence-electron chi connectivity index (χ1n) is 10.9. The van der Waals surface area contributed by atoms with Crippen molar-refractivity contribution in [2.24, 2.45) is 0 Å². The van der Waals surface area contributed by atoms with Gasteiger partial charge >= 0.3 is 12.0 Å². The molecule has 2 N–H and O–H groups in total. The number of rotatable bonds is 8. The summed E-state index contributed by atoms with van der Waals surface area (Å²) in [6.07, 6.45) is 0. The number of aromatic nitrogens is 1. The Morgan fingerprint density at radius 1 is 1.03 bits per heavy atom. The first kappa shape index (κ1) is 23.9. The van der Waals surface area contributed by atoms with Crippen LogP contribution in [-0.4, -0.2) is 35.6 Å². The van der Waals surface area contributed by atoms with Crippen molar-refractivity contribution in [2.45, 2.75) is 40.8 Å². The minimum Gasteiger partial charge on any atom is -0.497 e. The zero-order chi connectivity index (χ0) is 24.0. The quantitative estimate of drug-likeness (QED) is 0.454. The van der Waals surface area contributed by atoms with Crippen molar-refractivity contribution >= 4 is 17.7 Å². The van der Waals surface area contributed by atoms with Crippen LogP contribution >= 0.6 is 0 Å². The Labute approximate surface area is 194 Å². The highest BCUT2D eigenvalue weighted by atomic mass is 16.5. The molecule has 0 bridgehead atoms. The van der Waals surface area contributed by atoms with Crippen LogP contribution in [0.25, 0.3) is 0 Å².